The molecule has 1 aromatic rings. The molecule has 46 heavy (non-hydrogen) atoms. The van der Waals surface area contributed by atoms with Crippen molar-refractivity contribution in [3.63, 3.8) is 0 Å². The number of carboxylic acids is 1. The first-order chi connectivity index (χ1) is 19.8. The van der Waals surface area contributed by atoms with Crippen molar-refractivity contribution in [3.8, 4) is 0 Å². The van der Waals surface area contributed by atoms with Crippen LogP contribution in [-0.2, 0) is 28.6 Å². The van der Waals surface area contributed by atoms with Crippen molar-refractivity contribution in [1.29, 1.82) is 0 Å². The number of carboxylic acid groups (broad SMARTS) is 1. The second-order valence-corrected chi connectivity index (χ2v) is 9.77. The van der Waals surface area contributed by atoms with Gasteiger partial charge >= 0.3 is 11.9 Å². The largest absolute Gasteiger partial charge is 0.479 e. The summed E-state index contributed by atoms with van der Waals surface area (Å²) in [6, 6.07) is 0. The van der Waals surface area contributed by atoms with E-state index >= 15 is 0 Å². The number of aliphatic carboxylic acids is 1. The summed E-state index contributed by atoms with van der Waals surface area (Å²) in [5.41, 5.74) is 10.0. The van der Waals surface area contributed by atoms with E-state index in [1.807, 2.05) is 23.9 Å². The van der Waals surface area contributed by atoms with Crippen molar-refractivity contribution >= 4 is 53.3 Å². The SMILES string of the molecule is C.C/C(N)=N\OC(=O)C1CN(C)CCO1.CC(N)=NO.CN1CCOC(C(=O)O)C1.Cc1noc(C2CN(C)CCO2)n1.P.P.P. The van der Waals surface area contributed by atoms with Gasteiger partial charge in [0.1, 0.15) is 17.8 Å². The fourth-order valence-electron chi connectivity index (χ4n) is 3.39. The van der Waals surface area contributed by atoms with E-state index < -0.39 is 24.1 Å². The van der Waals surface area contributed by atoms with Crippen LogP contribution in [0.1, 0.15) is 39.1 Å². The number of carbonyl (C=O) groups excluding carboxylic acids is 1. The molecule has 3 aliphatic heterocycles. The Balaban J connectivity index is -0.000000260. The number of hydrogen-bond acceptors (Lipinski definition) is 15. The molecule has 0 amide bonds. The standard InChI is InChI=1S/C8H15N3O3.C8H13N3O2.C6H11NO3.C2H6N2O.CH4.3H3P/c1-6(9)10-14-8(12)7-5-11(2)3-4-13-7;1-6-9-8(13-10-6)7-5-11(2)3-4-12-7;1-7-2-3-10-5(4-7)6(8)9;1-2(3)4-5;;;;/h7H,3-5H2,1-2H3,(H2,9,10);7H,3-5H2,1-2H3;5H,2-4H2,1H3,(H,8,9);5H,1H3,(H2,3,4);1H4;3*1H3. The van der Waals surface area contributed by atoms with E-state index in [4.69, 9.17) is 40.5 Å². The number of ether oxygens (including phenoxy) is 3. The van der Waals surface area contributed by atoms with Gasteiger partial charge in [-0.05, 0) is 41.9 Å². The zero-order valence-electron chi connectivity index (χ0n) is 27.3. The van der Waals surface area contributed by atoms with Crippen LogP contribution in [0.25, 0.3) is 0 Å². The number of carbonyl (C=O) groups is 2. The minimum atomic E-state index is -0.869. The molecule has 0 aromatic carbocycles. The molecule has 6 atom stereocenters. The van der Waals surface area contributed by atoms with Crippen LogP contribution in [0, 0.1) is 6.92 Å². The molecule has 18 nitrogen and oxygen atoms in total. The summed E-state index contributed by atoms with van der Waals surface area (Å²) < 4.78 is 20.7. The van der Waals surface area contributed by atoms with E-state index in [-0.39, 0.29) is 54.9 Å². The van der Waals surface area contributed by atoms with Gasteiger partial charge < -0.3 is 60.1 Å². The Kier molecular flexibility index (Phi) is 30.8. The lowest BCUT2D eigenvalue weighted by Gasteiger charge is -2.27. The van der Waals surface area contributed by atoms with Gasteiger partial charge in [0.05, 0.1) is 19.8 Å². The van der Waals surface area contributed by atoms with E-state index in [1.54, 1.807) is 13.8 Å². The molecule has 0 aliphatic carbocycles. The number of morpholine rings is 3. The molecule has 272 valence electrons. The third kappa shape index (κ3) is 22.4. The lowest BCUT2D eigenvalue weighted by molar-refractivity contribution is -0.162. The third-order valence-corrected chi connectivity index (χ3v) is 5.60. The first kappa shape index (κ1) is 50.7. The van der Waals surface area contributed by atoms with E-state index in [9.17, 15) is 9.59 Å². The highest BCUT2D eigenvalue weighted by Crippen LogP contribution is 2.19. The van der Waals surface area contributed by atoms with E-state index in [1.165, 1.54) is 6.92 Å². The lowest BCUT2D eigenvalue weighted by atomic mass is 10.3. The van der Waals surface area contributed by atoms with Crippen molar-refractivity contribution in [3.05, 3.63) is 11.7 Å². The molecule has 3 fully saturated rings. The zero-order chi connectivity index (χ0) is 31.7. The third-order valence-electron chi connectivity index (χ3n) is 5.60. The van der Waals surface area contributed by atoms with Gasteiger partial charge in [0.2, 0.25) is 0 Å². The monoisotopic (exact) mass is 721 g/mol. The number of likely N-dealkylation sites (N-methyl/N-ethyl adjacent to an activating group) is 3. The van der Waals surface area contributed by atoms with Crippen molar-refractivity contribution in [2.24, 2.45) is 21.8 Å². The molecule has 0 bridgehead atoms. The topological polar surface area (TPSA) is 237 Å². The first-order valence-corrected chi connectivity index (χ1v) is 13.2. The van der Waals surface area contributed by atoms with Crippen molar-refractivity contribution in [2.45, 2.75) is 46.5 Å². The van der Waals surface area contributed by atoms with Gasteiger partial charge in [-0.15, -0.1) is 0 Å². The number of aryl methyl sites for hydroxylation is 1. The van der Waals surface area contributed by atoms with Crippen LogP contribution >= 0.6 is 29.7 Å². The summed E-state index contributed by atoms with van der Waals surface area (Å²) in [6.45, 7) is 11.1. The maximum atomic E-state index is 11.3. The van der Waals surface area contributed by atoms with Crippen LogP contribution in [0.3, 0.4) is 0 Å². The number of nitrogens with zero attached hydrogens (tertiary/aromatic N) is 7. The summed E-state index contributed by atoms with van der Waals surface area (Å²) in [5.74, 6) is 0.274. The van der Waals surface area contributed by atoms with Crippen LogP contribution in [0.2, 0.25) is 0 Å². The molecule has 0 spiro atoms. The maximum Gasteiger partial charge on any atom is 0.364 e. The predicted molar refractivity (Wildman–Crippen MR) is 190 cm³/mol. The van der Waals surface area contributed by atoms with Crippen LogP contribution < -0.4 is 11.5 Å². The lowest BCUT2D eigenvalue weighted by Crippen LogP contribution is -2.44. The Hall–Kier alpha value is -2.13. The molecular formula is C25H58N9O9P3. The predicted octanol–water partition coefficient (Wildman–Crippen LogP) is -0.502. The molecule has 4 rings (SSSR count). The smallest absolute Gasteiger partial charge is 0.364 e. The van der Waals surface area contributed by atoms with E-state index in [0.717, 1.165) is 32.8 Å². The highest BCUT2D eigenvalue weighted by molar-refractivity contribution is 6.92. The van der Waals surface area contributed by atoms with Crippen molar-refractivity contribution < 1.29 is 43.5 Å². The second kappa shape index (κ2) is 27.9. The average Bonchev–Trinajstić information content (AvgIpc) is 3.39. The van der Waals surface area contributed by atoms with Gasteiger partial charge in [-0.2, -0.15) is 34.7 Å². The van der Waals surface area contributed by atoms with Gasteiger partial charge in [0.25, 0.3) is 5.89 Å². The Labute approximate surface area is 281 Å². The number of oxime groups is 2. The van der Waals surface area contributed by atoms with Gasteiger partial charge in [0.15, 0.2) is 18.0 Å². The van der Waals surface area contributed by atoms with Crippen LogP contribution in [0.4, 0.5) is 0 Å². The quantitative estimate of drug-likeness (QED) is 0.0766. The molecule has 0 radical (unpaired) electrons. The Morgan fingerprint density at radius 1 is 0.870 bits per heavy atom. The Morgan fingerprint density at radius 3 is 1.70 bits per heavy atom. The van der Waals surface area contributed by atoms with E-state index in [0.29, 0.717) is 38.0 Å². The maximum absolute atomic E-state index is 11.3. The van der Waals surface area contributed by atoms with Gasteiger partial charge in [-0.25, -0.2) is 9.59 Å². The minimum Gasteiger partial charge on any atom is -0.479 e. The molecular weight excluding hydrogens is 663 g/mol. The van der Waals surface area contributed by atoms with Crippen molar-refractivity contribution in [2.75, 3.05) is 80.2 Å². The number of rotatable bonds is 4. The van der Waals surface area contributed by atoms with Gasteiger partial charge in [0, 0.05) is 39.3 Å². The first-order valence-electron chi connectivity index (χ1n) is 13.2. The summed E-state index contributed by atoms with van der Waals surface area (Å²) in [6.07, 6.45) is -1.24. The summed E-state index contributed by atoms with van der Waals surface area (Å²) in [5, 5.41) is 25.8. The summed E-state index contributed by atoms with van der Waals surface area (Å²) >= 11 is 0. The number of nitrogens with two attached hydrogens (primary N) is 2. The fourth-order valence-corrected chi connectivity index (χ4v) is 3.39. The zero-order valence-corrected chi connectivity index (χ0v) is 31.5. The van der Waals surface area contributed by atoms with Crippen LogP contribution in [0.15, 0.2) is 14.8 Å². The minimum absolute atomic E-state index is 0. The molecule has 0 saturated carbocycles. The fraction of sp³-hybridized carbons (Fsp3) is 0.760. The molecule has 21 heteroatoms. The molecule has 4 heterocycles. The van der Waals surface area contributed by atoms with Gasteiger partial charge in [-0.3, -0.25) is 0 Å². The van der Waals surface area contributed by atoms with Gasteiger partial charge in [-0.1, -0.05) is 22.9 Å². The highest BCUT2D eigenvalue weighted by Gasteiger charge is 2.27. The summed E-state index contributed by atoms with van der Waals surface area (Å²) in [7, 11) is 5.86. The molecule has 6 unspecified atom stereocenters. The molecule has 3 aliphatic rings. The van der Waals surface area contributed by atoms with Crippen LogP contribution in [0.5, 0.6) is 0 Å². The number of aromatic nitrogens is 2. The normalized spacial score (nSPS) is 22.0. The molecule has 3 saturated heterocycles. The average molecular weight is 722 g/mol. The molecule has 1 aromatic heterocycles. The second-order valence-electron chi connectivity index (χ2n) is 9.77. The number of amidine groups is 2. The van der Waals surface area contributed by atoms with Crippen LogP contribution in [-0.4, -0.2) is 151 Å². The summed E-state index contributed by atoms with van der Waals surface area (Å²) in [4.78, 5) is 36.5. The van der Waals surface area contributed by atoms with Crippen molar-refractivity contribution in [1.82, 2.24) is 24.8 Å². The highest BCUT2D eigenvalue weighted by atomic mass is 31.0. The number of hydrogen-bond donors (Lipinski definition) is 4. The Bertz CT molecular complexity index is 1020. The molecule has 6 N–H and O–H groups in total. The Morgan fingerprint density at radius 2 is 1.33 bits per heavy atom. The van der Waals surface area contributed by atoms with E-state index in [2.05, 4.69) is 37.2 Å².